The Labute approximate surface area is 172 Å². The molecule has 0 aliphatic rings. The van der Waals surface area contributed by atoms with E-state index in [1.54, 1.807) is 48.5 Å². The van der Waals surface area contributed by atoms with Gasteiger partial charge in [-0.25, -0.2) is 13.2 Å². The molecule has 3 rings (SSSR count). The predicted octanol–water partition coefficient (Wildman–Crippen LogP) is 5.44. The number of carbonyl (C=O) groups excluding carboxylic acids is 1. The van der Waals surface area contributed by atoms with Crippen molar-refractivity contribution < 1.29 is 13.2 Å². The number of amides is 2. The molecule has 0 unspecified atom stereocenters. The van der Waals surface area contributed by atoms with Crippen LogP contribution in [0, 0.1) is 0 Å². The van der Waals surface area contributed by atoms with Gasteiger partial charge in [-0.05, 0) is 54.6 Å². The Hall–Kier alpha value is -2.74. The maximum Gasteiger partial charge on any atom is 0.323 e. The Morgan fingerprint density at radius 2 is 1.21 bits per heavy atom. The van der Waals surface area contributed by atoms with Gasteiger partial charge in [0, 0.05) is 21.4 Å². The Morgan fingerprint density at radius 3 is 1.82 bits per heavy atom. The first-order chi connectivity index (χ1) is 13.3. The molecule has 6 nitrogen and oxygen atoms in total. The number of nitrogens with one attached hydrogen (secondary N) is 3. The van der Waals surface area contributed by atoms with Gasteiger partial charge >= 0.3 is 6.03 Å². The number of benzene rings is 3. The Kier molecular flexibility index (Phi) is 6.08. The van der Waals surface area contributed by atoms with E-state index in [2.05, 4.69) is 15.4 Å². The molecule has 0 bridgehead atoms. The number of halogens is 2. The molecule has 3 N–H and O–H groups in total. The van der Waals surface area contributed by atoms with Crippen LogP contribution in [0.3, 0.4) is 0 Å². The molecule has 0 saturated carbocycles. The topological polar surface area (TPSA) is 87.3 Å². The van der Waals surface area contributed by atoms with E-state index in [4.69, 9.17) is 23.2 Å². The van der Waals surface area contributed by atoms with Gasteiger partial charge < -0.3 is 10.6 Å². The Bertz CT molecular complexity index is 1120. The summed E-state index contributed by atoms with van der Waals surface area (Å²) in [5.41, 5.74) is 1.16. The molecule has 0 radical (unpaired) electrons. The summed E-state index contributed by atoms with van der Waals surface area (Å²) in [5.74, 6) is 0. The number of hydrogen-bond acceptors (Lipinski definition) is 3. The minimum Gasteiger partial charge on any atom is -0.308 e. The summed E-state index contributed by atoms with van der Waals surface area (Å²) in [6.07, 6.45) is 0. The highest BCUT2D eigenvalue weighted by Crippen LogP contribution is 2.22. The minimum atomic E-state index is -3.85. The molecule has 0 spiro atoms. The van der Waals surface area contributed by atoms with Crippen LogP contribution in [0.5, 0.6) is 0 Å². The zero-order chi connectivity index (χ0) is 20.1. The fraction of sp³-hybridized carbons (Fsp3) is 0. The first-order valence-corrected chi connectivity index (χ1v) is 10.3. The van der Waals surface area contributed by atoms with Crippen molar-refractivity contribution in [2.75, 3.05) is 15.4 Å². The van der Waals surface area contributed by atoms with E-state index in [-0.39, 0.29) is 4.90 Å². The van der Waals surface area contributed by atoms with Crippen molar-refractivity contribution in [3.63, 3.8) is 0 Å². The zero-order valence-electron chi connectivity index (χ0n) is 14.3. The summed E-state index contributed by atoms with van der Waals surface area (Å²) in [6, 6.07) is 18.4. The number of urea groups is 1. The third-order valence-corrected chi connectivity index (χ3v) is 5.41. The second-order valence-corrected chi connectivity index (χ2v) is 8.29. The summed E-state index contributed by atoms with van der Waals surface area (Å²) in [6.45, 7) is 0. The van der Waals surface area contributed by atoms with Crippen molar-refractivity contribution in [1.29, 1.82) is 0 Å². The van der Waals surface area contributed by atoms with Gasteiger partial charge in [-0.1, -0.05) is 41.4 Å². The van der Waals surface area contributed by atoms with Crippen LogP contribution in [0.2, 0.25) is 10.0 Å². The molecule has 0 heterocycles. The lowest BCUT2D eigenvalue weighted by Gasteiger charge is -2.11. The van der Waals surface area contributed by atoms with Gasteiger partial charge in [0.15, 0.2) is 0 Å². The summed E-state index contributed by atoms with van der Waals surface area (Å²) in [4.78, 5) is 12.1. The largest absolute Gasteiger partial charge is 0.323 e. The van der Waals surface area contributed by atoms with Crippen molar-refractivity contribution in [3.05, 3.63) is 82.8 Å². The smallest absolute Gasteiger partial charge is 0.308 e. The first kappa shape index (κ1) is 20.0. The van der Waals surface area contributed by atoms with Crippen LogP contribution in [0.4, 0.5) is 21.9 Å². The molecule has 0 atom stereocenters. The molecule has 3 aromatic carbocycles. The average molecular weight is 436 g/mol. The summed E-state index contributed by atoms with van der Waals surface area (Å²) < 4.78 is 27.6. The molecular formula is C19H15Cl2N3O3S. The van der Waals surface area contributed by atoms with E-state index in [0.29, 0.717) is 27.1 Å². The summed E-state index contributed by atoms with van der Waals surface area (Å²) in [5, 5.41) is 6.10. The van der Waals surface area contributed by atoms with Crippen LogP contribution in [0.1, 0.15) is 0 Å². The van der Waals surface area contributed by atoms with E-state index in [1.807, 2.05) is 0 Å². The van der Waals surface area contributed by atoms with Crippen LogP contribution in [-0.2, 0) is 10.0 Å². The minimum absolute atomic E-state index is 0.00645. The third kappa shape index (κ3) is 5.39. The van der Waals surface area contributed by atoms with Crippen LogP contribution in [0.15, 0.2) is 77.7 Å². The molecule has 0 fully saturated rings. The van der Waals surface area contributed by atoms with Crippen LogP contribution >= 0.6 is 23.2 Å². The molecule has 3 aromatic rings. The van der Waals surface area contributed by atoms with Gasteiger partial charge in [-0.2, -0.15) is 0 Å². The molecule has 0 aliphatic heterocycles. The predicted molar refractivity (Wildman–Crippen MR) is 113 cm³/mol. The standard InChI is InChI=1S/C19H15Cl2N3O3S/c20-13-4-1-6-15(10-13)22-19(25)23-16-7-3-9-18(12-16)28(26,27)24-17-8-2-5-14(21)11-17/h1-12,24H,(H2,22,23,25). The van der Waals surface area contributed by atoms with E-state index in [0.717, 1.165) is 0 Å². The van der Waals surface area contributed by atoms with Crippen LogP contribution < -0.4 is 15.4 Å². The number of carbonyl (C=O) groups is 1. The summed E-state index contributed by atoms with van der Waals surface area (Å²) in [7, 11) is -3.85. The first-order valence-electron chi connectivity index (χ1n) is 8.04. The normalized spacial score (nSPS) is 10.9. The van der Waals surface area contributed by atoms with E-state index in [9.17, 15) is 13.2 Å². The highest BCUT2D eigenvalue weighted by Gasteiger charge is 2.15. The fourth-order valence-electron chi connectivity index (χ4n) is 2.37. The molecule has 9 heteroatoms. The average Bonchev–Trinajstić information content (AvgIpc) is 2.61. The maximum absolute atomic E-state index is 12.6. The number of sulfonamides is 1. The van der Waals surface area contributed by atoms with Crippen molar-refractivity contribution in [1.82, 2.24) is 0 Å². The van der Waals surface area contributed by atoms with Crippen molar-refractivity contribution >= 4 is 56.3 Å². The van der Waals surface area contributed by atoms with Crippen molar-refractivity contribution in [2.45, 2.75) is 4.90 Å². The van der Waals surface area contributed by atoms with Gasteiger partial charge in [0.1, 0.15) is 0 Å². The Morgan fingerprint density at radius 1 is 0.714 bits per heavy atom. The van der Waals surface area contributed by atoms with Gasteiger partial charge in [-0.3, -0.25) is 4.72 Å². The fourth-order valence-corrected chi connectivity index (χ4v) is 3.84. The molecule has 2 amide bonds. The monoisotopic (exact) mass is 435 g/mol. The van der Waals surface area contributed by atoms with Gasteiger partial charge in [0.05, 0.1) is 10.6 Å². The molecule has 0 aromatic heterocycles. The highest BCUT2D eigenvalue weighted by atomic mass is 35.5. The van der Waals surface area contributed by atoms with Crippen LogP contribution in [-0.4, -0.2) is 14.4 Å². The van der Waals surface area contributed by atoms with E-state index >= 15 is 0 Å². The number of rotatable bonds is 5. The number of anilines is 3. The quantitative estimate of drug-likeness (QED) is 0.498. The lowest BCUT2D eigenvalue weighted by Crippen LogP contribution is -2.20. The number of hydrogen-bond donors (Lipinski definition) is 3. The lowest BCUT2D eigenvalue weighted by atomic mass is 10.3. The van der Waals surface area contributed by atoms with E-state index < -0.39 is 16.1 Å². The molecular weight excluding hydrogens is 421 g/mol. The van der Waals surface area contributed by atoms with E-state index in [1.165, 1.54) is 24.3 Å². The van der Waals surface area contributed by atoms with Gasteiger partial charge in [0.25, 0.3) is 10.0 Å². The van der Waals surface area contributed by atoms with Crippen molar-refractivity contribution in [2.24, 2.45) is 0 Å². The summed E-state index contributed by atoms with van der Waals surface area (Å²) >= 11 is 11.8. The second kappa shape index (κ2) is 8.52. The lowest BCUT2D eigenvalue weighted by molar-refractivity contribution is 0.262. The van der Waals surface area contributed by atoms with Crippen molar-refractivity contribution in [3.8, 4) is 0 Å². The highest BCUT2D eigenvalue weighted by molar-refractivity contribution is 7.92. The molecule has 0 aliphatic carbocycles. The Balaban J connectivity index is 1.73. The maximum atomic E-state index is 12.6. The molecule has 28 heavy (non-hydrogen) atoms. The zero-order valence-corrected chi connectivity index (χ0v) is 16.6. The van der Waals surface area contributed by atoms with Gasteiger partial charge in [-0.15, -0.1) is 0 Å². The molecule has 144 valence electrons. The van der Waals surface area contributed by atoms with Crippen LogP contribution in [0.25, 0.3) is 0 Å². The SMILES string of the molecule is O=C(Nc1cccc(Cl)c1)Nc1cccc(S(=O)(=O)Nc2cccc(Cl)c2)c1. The second-order valence-electron chi connectivity index (χ2n) is 5.73. The van der Waals surface area contributed by atoms with Gasteiger partial charge in [0.2, 0.25) is 0 Å². The molecule has 0 saturated heterocycles. The third-order valence-electron chi connectivity index (χ3n) is 3.56.